The molecule has 21 heteroatoms. The average molecular weight is 618 g/mol. The Morgan fingerprint density at radius 3 is 0.385 bits per heavy atom. The molecular weight excluding hydrogens is 580 g/mol. The van der Waals surface area contributed by atoms with Crippen LogP contribution in [-0.4, -0.2) is 103 Å². The minimum absolute atomic E-state index is 0. The molecule has 14 N–H and O–H groups in total. The summed E-state index contributed by atoms with van der Waals surface area (Å²) in [5, 5.41) is 104. The molecular formula is C18H38N2O18Ti. The summed E-state index contributed by atoms with van der Waals surface area (Å²) in [5.41, 5.74) is 0. The number of aliphatic carboxylic acids is 6. The van der Waals surface area contributed by atoms with Gasteiger partial charge in [-0.2, -0.15) is 0 Å². The van der Waals surface area contributed by atoms with Crippen LogP contribution in [0.3, 0.4) is 0 Å². The Morgan fingerprint density at radius 1 is 0.359 bits per heavy atom. The summed E-state index contributed by atoms with van der Waals surface area (Å²) in [5.74, 6) is -8.61. The van der Waals surface area contributed by atoms with E-state index in [0.717, 1.165) is 41.5 Å². The smallest absolute Gasteiger partial charge is 0.547 e. The van der Waals surface area contributed by atoms with Gasteiger partial charge in [0.1, 0.15) is 0 Å². The fourth-order valence-corrected chi connectivity index (χ4v) is 0. The van der Waals surface area contributed by atoms with Gasteiger partial charge in [0.25, 0.3) is 0 Å². The number of aliphatic hydroxyl groups is 6. The molecule has 232 valence electrons. The van der Waals surface area contributed by atoms with E-state index in [9.17, 15) is 59.4 Å². The molecule has 0 fully saturated rings. The molecule has 0 aliphatic rings. The summed E-state index contributed by atoms with van der Waals surface area (Å²) < 4.78 is 0. The molecule has 0 aromatic carbocycles. The van der Waals surface area contributed by atoms with Crippen molar-refractivity contribution >= 4 is 35.8 Å². The molecule has 6 unspecified atom stereocenters. The van der Waals surface area contributed by atoms with Crippen LogP contribution in [0.25, 0.3) is 0 Å². The van der Waals surface area contributed by atoms with Crippen molar-refractivity contribution in [3.63, 3.8) is 0 Å². The molecule has 0 aliphatic heterocycles. The number of hydrogen-bond donors (Lipinski definition) is 8. The SMILES string of the molecule is CC(O)C(=O)[O-].CC(O)C(=O)[O-].CC(O)C(=O)[O-].CC(O)C(=O)[O-].CC(O)C(=O)[O-].CC(O)C(=O)[O-].[NH4+].[NH4+].[Ti+4]. The van der Waals surface area contributed by atoms with Gasteiger partial charge in [-0.1, -0.05) is 0 Å². The van der Waals surface area contributed by atoms with Crippen molar-refractivity contribution in [3.8, 4) is 0 Å². The molecule has 0 saturated carbocycles. The van der Waals surface area contributed by atoms with Crippen LogP contribution in [0.2, 0.25) is 0 Å². The number of quaternary nitrogens is 2. The van der Waals surface area contributed by atoms with Gasteiger partial charge in [-0.15, -0.1) is 0 Å². The van der Waals surface area contributed by atoms with E-state index >= 15 is 0 Å². The minimum Gasteiger partial charge on any atom is -0.547 e. The van der Waals surface area contributed by atoms with E-state index in [-0.39, 0.29) is 34.0 Å². The fourth-order valence-electron chi connectivity index (χ4n) is 0. The first kappa shape index (κ1) is 60.6. The van der Waals surface area contributed by atoms with E-state index in [1.54, 1.807) is 0 Å². The number of rotatable bonds is 6. The second kappa shape index (κ2) is 37.4. The molecule has 0 spiro atoms. The normalized spacial score (nSPS) is 12.6. The maximum absolute atomic E-state index is 9.34. The molecule has 0 rings (SSSR count). The van der Waals surface area contributed by atoms with Crippen molar-refractivity contribution in [2.24, 2.45) is 0 Å². The third-order valence-corrected chi connectivity index (χ3v) is 2.05. The number of aliphatic hydroxyl groups excluding tert-OH is 6. The van der Waals surface area contributed by atoms with Crippen LogP contribution in [-0.2, 0) is 50.5 Å². The Morgan fingerprint density at radius 2 is 0.385 bits per heavy atom. The molecule has 6 atom stereocenters. The maximum atomic E-state index is 9.34. The minimum atomic E-state index is -1.44. The monoisotopic (exact) mass is 618 g/mol. The van der Waals surface area contributed by atoms with Crippen LogP contribution in [0.1, 0.15) is 41.5 Å². The van der Waals surface area contributed by atoms with Gasteiger partial charge in [0, 0.05) is 0 Å². The Kier molecular flexibility index (Phi) is 58.1. The van der Waals surface area contributed by atoms with Crippen molar-refractivity contribution in [3.05, 3.63) is 0 Å². The van der Waals surface area contributed by atoms with Gasteiger partial charge < -0.3 is 102 Å². The Balaban J connectivity index is -0.0000000390. The average Bonchev–Trinajstić information content (AvgIpc) is 2.69. The number of carbonyl (C=O) groups excluding carboxylic acids is 6. The Labute approximate surface area is 238 Å². The zero-order valence-electron chi connectivity index (χ0n) is 22.5. The first-order chi connectivity index (χ1) is 15.9. The molecule has 0 saturated heterocycles. The summed E-state index contributed by atoms with van der Waals surface area (Å²) >= 11 is 0. The fraction of sp³-hybridized carbons (Fsp3) is 0.667. The van der Waals surface area contributed by atoms with Crippen molar-refractivity contribution in [1.29, 1.82) is 0 Å². The molecule has 0 aromatic rings. The van der Waals surface area contributed by atoms with E-state index in [4.69, 9.17) is 30.6 Å². The first-order valence-electron chi connectivity index (χ1n) is 9.19. The van der Waals surface area contributed by atoms with Crippen molar-refractivity contribution < 1.29 is 112 Å². The molecule has 20 nitrogen and oxygen atoms in total. The molecule has 39 heavy (non-hydrogen) atoms. The van der Waals surface area contributed by atoms with E-state index in [1.165, 1.54) is 0 Å². The third kappa shape index (κ3) is 86.3. The van der Waals surface area contributed by atoms with Crippen LogP contribution in [0.5, 0.6) is 0 Å². The molecule has 0 bridgehead atoms. The summed E-state index contributed by atoms with van der Waals surface area (Å²) in [6.07, 6.45) is -8.06. The predicted octanol–water partition coefficient (Wildman–Crippen LogP) is -10.5. The summed E-state index contributed by atoms with van der Waals surface area (Å²) in [6.45, 7) is 6.81. The van der Waals surface area contributed by atoms with Gasteiger partial charge in [-0.3, -0.25) is 0 Å². The van der Waals surface area contributed by atoms with Gasteiger partial charge in [-0.05, 0) is 41.5 Å². The summed E-state index contributed by atoms with van der Waals surface area (Å²) in [4.78, 5) is 56.0. The predicted molar refractivity (Wildman–Crippen MR) is 112 cm³/mol. The van der Waals surface area contributed by atoms with Crippen LogP contribution in [0, 0.1) is 0 Å². The van der Waals surface area contributed by atoms with Crippen LogP contribution >= 0.6 is 0 Å². The largest absolute Gasteiger partial charge is 4.00 e. The van der Waals surface area contributed by atoms with E-state index in [2.05, 4.69) is 0 Å². The van der Waals surface area contributed by atoms with Crippen LogP contribution < -0.4 is 42.9 Å². The number of hydrogen-bond acceptors (Lipinski definition) is 18. The van der Waals surface area contributed by atoms with Crippen molar-refractivity contribution in [2.45, 2.75) is 78.2 Å². The summed E-state index contributed by atoms with van der Waals surface area (Å²) in [6, 6.07) is 0. The second-order valence-electron chi connectivity index (χ2n) is 5.97. The van der Waals surface area contributed by atoms with Crippen LogP contribution in [0.15, 0.2) is 0 Å². The van der Waals surface area contributed by atoms with Crippen molar-refractivity contribution in [1.82, 2.24) is 12.3 Å². The Hall–Kier alpha value is -2.79. The molecule has 0 aromatic heterocycles. The summed E-state index contributed by atoms with van der Waals surface area (Å²) in [7, 11) is 0. The quantitative estimate of drug-likeness (QED) is 0.128. The second-order valence-corrected chi connectivity index (χ2v) is 5.97. The molecule has 0 amide bonds. The Bertz CT molecular complexity index is 500. The van der Waals surface area contributed by atoms with Gasteiger partial charge >= 0.3 is 21.7 Å². The number of carbonyl (C=O) groups is 6. The van der Waals surface area contributed by atoms with Crippen LogP contribution in [0.4, 0.5) is 0 Å². The standard InChI is InChI=1S/6C3H6O3.2H3N.Ti/c6*1-2(4)3(5)6;;;/h6*2,4H,1H3,(H,5,6);2*1H3;/q;;;;;;;;+4/p-4. The van der Waals surface area contributed by atoms with E-state index in [0.29, 0.717) is 0 Å². The number of carboxylic acids is 6. The topological polar surface area (TPSA) is 435 Å². The number of carboxylic acid groups (broad SMARTS) is 6. The van der Waals surface area contributed by atoms with E-state index < -0.39 is 72.4 Å². The van der Waals surface area contributed by atoms with Gasteiger partial charge in [-0.25, -0.2) is 0 Å². The van der Waals surface area contributed by atoms with Gasteiger partial charge in [0.2, 0.25) is 0 Å². The zero-order valence-corrected chi connectivity index (χ0v) is 24.1. The molecule has 0 aliphatic carbocycles. The maximum Gasteiger partial charge on any atom is 4.00 e. The molecule has 0 heterocycles. The van der Waals surface area contributed by atoms with Gasteiger partial charge in [0.05, 0.1) is 72.4 Å². The van der Waals surface area contributed by atoms with Gasteiger partial charge in [0.15, 0.2) is 0 Å². The van der Waals surface area contributed by atoms with E-state index in [1.807, 2.05) is 0 Å². The third-order valence-electron chi connectivity index (χ3n) is 2.05. The van der Waals surface area contributed by atoms with Crippen molar-refractivity contribution in [2.75, 3.05) is 0 Å². The first-order valence-corrected chi connectivity index (χ1v) is 9.19. The molecule has 0 radical (unpaired) electrons. The zero-order chi connectivity index (χ0) is 30.9.